The zero-order chi connectivity index (χ0) is 41.5. The predicted molar refractivity (Wildman–Crippen MR) is 246 cm³/mol. The Morgan fingerprint density at radius 3 is 1.26 bits per heavy atom. The number of hydrogen-bond donors (Lipinski definition) is 3. The molecule has 0 rings (SSSR count). The van der Waals surface area contributed by atoms with E-state index in [1.54, 1.807) is 6.08 Å². The molecular weight excluding hydrogens is 707 g/mol. The molecule has 0 heterocycles. The van der Waals surface area contributed by atoms with E-state index in [4.69, 9.17) is 4.74 Å². The molecule has 57 heavy (non-hydrogen) atoms. The summed E-state index contributed by atoms with van der Waals surface area (Å²) >= 11 is 0. The normalized spacial score (nSPS) is 12.8. The van der Waals surface area contributed by atoms with Crippen LogP contribution in [0.5, 0.6) is 0 Å². The van der Waals surface area contributed by atoms with Crippen LogP contribution in [0.25, 0.3) is 0 Å². The number of nitrogens with one attached hydrogen (secondary N) is 1. The average molecular weight is 804 g/mol. The molecule has 0 spiro atoms. The van der Waals surface area contributed by atoms with E-state index in [1.807, 2.05) is 6.08 Å². The summed E-state index contributed by atoms with van der Waals surface area (Å²) in [5, 5.41) is 23.0. The van der Waals surface area contributed by atoms with E-state index in [9.17, 15) is 19.8 Å². The molecule has 1 amide bonds. The molecule has 0 radical (unpaired) electrons. The van der Waals surface area contributed by atoms with Crippen LogP contribution in [0.4, 0.5) is 0 Å². The lowest BCUT2D eigenvalue weighted by atomic mass is 10.0. The second-order valence-electron chi connectivity index (χ2n) is 17.1. The van der Waals surface area contributed by atoms with Gasteiger partial charge in [-0.3, -0.25) is 9.59 Å². The van der Waals surface area contributed by atoms with Crippen molar-refractivity contribution in [3.8, 4) is 0 Å². The number of amides is 1. The van der Waals surface area contributed by atoms with Gasteiger partial charge in [-0.05, 0) is 57.8 Å². The number of carbonyl (C=O) groups is 2. The molecule has 3 N–H and O–H groups in total. The van der Waals surface area contributed by atoms with Crippen LogP contribution < -0.4 is 5.32 Å². The number of hydrogen-bond acceptors (Lipinski definition) is 5. The fraction of sp³-hybridized carbons (Fsp3) is 0.882. The molecule has 6 heteroatoms. The Hall–Kier alpha value is -1.66. The van der Waals surface area contributed by atoms with E-state index in [2.05, 4.69) is 31.3 Å². The lowest BCUT2D eigenvalue weighted by Crippen LogP contribution is -2.45. The molecule has 0 aliphatic rings. The molecule has 0 aliphatic heterocycles. The second kappa shape index (κ2) is 47.0. The molecule has 0 fully saturated rings. The monoisotopic (exact) mass is 804 g/mol. The molecule has 2 atom stereocenters. The average Bonchev–Trinajstić information content (AvgIpc) is 3.21. The fourth-order valence-electron chi connectivity index (χ4n) is 7.57. The number of rotatable bonds is 46. The molecule has 0 aliphatic carbocycles. The minimum atomic E-state index is -0.860. The summed E-state index contributed by atoms with van der Waals surface area (Å²) in [5.74, 6) is -0.111. The Balaban J connectivity index is 3.52. The highest BCUT2D eigenvalue weighted by Crippen LogP contribution is 2.15. The summed E-state index contributed by atoms with van der Waals surface area (Å²) in [6.45, 7) is 4.85. The maximum atomic E-state index is 12.4. The SMILES string of the molecule is CCCCCCCCCCCCC/C=C/C(O)C(CO)NC(=O)CCCCC/C=C\CCCCCCCCOC(=O)CCCCCCCCCCCCCCCC. The molecular formula is C51H97NO5. The van der Waals surface area contributed by atoms with Crippen molar-refractivity contribution >= 4 is 11.9 Å². The van der Waals surface area contributed by atoms with Crippen molar-refractivity contribution in [3.05, 3.63) is 24.3 Å². The minimum Gasteiger partial charge on any atom is -0.466 e. The molecule has 0 aromatic heterocycles. The molecule has 6 nitrogen and oxygen atoms in total. The van der Waals surface area contributed by atoms with Gasteiger partial charge in [0.05, 0.1) is 25.4 Å². The maximum absolute atomic E-state index is 12.4. The summed E-state index contributed by atoms with van der Waals surface area (Å²) in [6, 6.07) is -0.646. The maximum Gasteiger partial charge on any atom is 0.305 e. The van der Waals surface area contributed by atoms with Gasteiger partial charge in [-0.25, -0.2) is 0 Å². The highest BCUT2D eigenvalue weighted by molar-refractivity contribution is 5.76. The van der Waals surface area contributed by atoms with E-state index >= 15 is 0 Å². The van der Waals surface area contributed by atoms with Gasteiger partial charge >= 0.3 is 5.97 Å². The highest BCUT2D eigenvalue weighted by atomic mass is 16.5. The summed E-state index contributed by atoms with van der Waals surface area (Å²) in [7, 11) is 0. The van der Waals surface area contributed by atoms with Gasteiger partial charge in [0.25, 0.3) is 0 Å². The van der Waals surface area contributed by atoms with E-state index in [-0.39, 0.29) is 18.5 Å². The van der Waals surface area contributed by atoms with Gasteiger partial charge in [0.2, 0.25) is 5.91 Å². The third kappa shape index (κ3) is 43.7. The molecule has 0 bridgehead atoms. The first-order valence-electron chi connectivity index (χ1n) is 25.1. The topological polar surface area (TPSA) is 95.9 Å². The Labute approximate surface area is 354 Å². The van der Waals surface area contributed by atoms with Crippen molar-refractivity contribution < 1.29 is 24.5 Å². The first-order valence-corrected chi connectivity index (χ1v) is 25.1. The third-order valence-electron chi connectivity index (χ3n) is 11.5. The zero-order valence-electron chi connectivity index (χ0n) is 38.1. The largest absolute Gasteiger partial charge is 0.466 e. The number of esters is 1. The molecule has 0 saturated carbocycles. The van der Waals surface area contributed by atoms with E-state index in [0.717, 1.165) is 70.6 Å². The summed E-state index contributed by atoms with van der Waals surface area (Å²) in [4.78, 5) is 24.4. The zero-order valence-corrected chi connectivity index (χ0v) is 38.1. The number of ether oxygens (including phenoxy) is 1. The fourth-order valence-corrected chi connectivity index (χ4v) is 7.57. The lowest BCUT2D eigenvalue weighted by molar-refractivity contribution is -0.143. The Kier molecular flexibility index (Phi) is 45.7. The summed E-state index contributed by atoms with van der Waals surface area (Å²) < 4.78 is 5.45. The van der Waals surface area contributed by atoms with E-state index < -0.39 is 12.1 Å². The van der Waals surface area contributed by atoms with Crippen molar-refractivity contribution in [1.82, 2.24) is 5.32 Å². The van der Waals surface area contributed by atoms with Gasteiger partial charge in [0.1, 0.15) is 0 Å². The van der Waals surface area contributed by atoms with Crippen molar-refractivity contribution in [3.63, 3.8) is 0 Å². The number of aliphatic hydroxyl groups excluding tert-OH is 2. The van der Waals surface area contributed by atoms with Gasteiger partial charge in [-0.15, -0.1) is 0 Å². The van der Waals surface area contributed by atoms with Crippen LogP contribution in [0.3, 0.4) is 0 Å². The standard InChI is InChI=1S/C51H97NO5/c1-3-5-7-9-11-13-15-17-21-25-29-33-37-41-45-51(56)57-46-42-38-34-30-26-22-18-20-24-28-32-36-40-44-50(55)52-48(47-53)49(54)43-39-35-31-27-23-19-16-14-12-10-8-6-4-2/h20,24,39,43,48-49,53-54H,3-19,21-23,25-38,40-42,44-47H2,1-2H3,(H,52,55)/b24-20-,43-39+. The van der Waals surface area contributed by atoms with Crippen LogP contribution in [-0.2, 0) is 14.3 Å². The first kappa shape index (κ1) is 55.3. The molecule has 0 aromatic rings. The smallest absolute Gasteiger partial charge is 0.305 e. The molecule has 336 valence electrons. The predicted octanol–water partition coefficient (Wildman–Crippen LogP) is 14.7. The van der Waals surface area contributed by atoms with Gasteiger partial charge in [0, 0.05) is 12.8 Å². The number of aliphatic hydroxyl groups is 2. The number of carbonyl (C=O) groups excluding carboxylic acids is 2. The first-order chi connectivity index (χ1) is 28.0. The van der Waals surface area contributed by atoms with Crippen LogP contribution in [0.15, 0.2) is 24.3 Å². The minimum absolute atomic E-state index is 0.0123. The Morgan fingerprint density at radius 2 is 0.825 bits per heavy atom. The molecule has 0 saturated heterocycles. The van der Waals surface area contributed by atoms with E-state index in [0.29, 0.717) is 19.4 Å². The Morgan fingerprint density at radius 1 is 0.474 bits per heavy atom. The summed E-state index contributed by atoms with van der Waals surface area (Å²) in [5.41, 5.74) is 0. The molecule has 2 unspecified atom stereocenters. The van der Waals surface area contributed by atoms with Crippen LogP contribution in [0, 0.1) is 0 Å². The van der Waals surface area contributed by atoms with Crippen LogP contribution in [-0.4, -0.2) is 47.4 Å². The number of unbranched alkanes of at least 4 members (excludes halogenated alkanes) is 33. The lowest BCUT2D eigenvalue weighted by Gasteiger charge is -2.19. The van der Waals surface area contributed by atoms with Gasteiger partial charge in [0.15, 0.2) is 0 Å². The quantitative estimate of drug-likeness (QED) is 0.0324. The van der Waals surface area contributed by atoms with E-state index in [1.165, 1.54) is 167 Å². The summed E-state index contributed by atoms with van der Waals surface area (Å²) in [6.07, 6.45) is 54.6. The molecule has 0 aromatic carbocycles. The van der Waals surface area contributed by atoms with Gasteiger partial charge in [-0.1, -0.05) is 218 Å². The highest BCUT2D eigenvalue weighted by Gasteiger charge is 2.18. The number of allylic oxidation sites excluding steroid dienone is 3. The van der Waals surface area contributed by atoms with Gasteiger partial charge in [-0.2, -0.15) is 0 Å². The third-order valence-corrected chi connectivity index (χ3v) is 11.5. The van der Waals surface area contributed by atoms with Crippen LogP contribution in [0.2, 0.25) is 0 Å². The van der Waals surface area contributed by atoms with Crippen LogP contribution in [0.1, 0.15) is 264 Å². The van der Waals surface area contributed by atoms with Crippen LogP contribution >= 0.6 is 0 Å². The van der Waals surface area contributed by atoms with Gasteiger partial charge < -0.3 is 20.3 Å². The van der Waals surface area contributed by atoms with Crippen molar-refractivity contribution in [2.45, 2.75) is 276 Å². The second-order valence-corrected chi connectivity index (χ2v) is 17.1. The van der Waals surface area contributed by atoms with Crippen molar-refractivity contribution in [2.75, 3.05) is 13.2 Å². The van der Waals surface area contributed by atoms with Crippen molar-refractivity contribution in [1.29, 1.82) is 0 Å². The van der Waals surface area contributed by atoms with Crippen molar-refractivity contribution in [2.24, 2.45) is 0 Å². The Bertz CT molecular complexity index is 889.